The Hall–Kier alpha value is -2.07. The second-order valence-electron chi connectivity index (χ2n) is 6.12. The highest BCUT2D eigenvalue weighted by Crippen LogP contribution is 2.30. The van der Waals surface area contributed by atoms with Gasteiger partial charge in [-0.25, -0.2) is 4.98 Å². The predicted octanol–water partition coefficient (Wildman–Crippen LogP) is 3.51. The fourth-order valence-electron chi connectivity index (χ4n) is 3.70. The highest BCUT2D eigenvalue weighted by atomic mass is 15.2. The van der Waals surface area contributed by atoms with Crippen LogP contribution in [0.5, 0.6) is 0 Å². The van der Waals surface area contributed by atoms with E-state index in [1.54, 1.807) is 0 Å². The molecule has 4 heteroatoms. The fraction of sp³-hybridized carbons (Fsp3) is 0.389. The lowest BCUT2D eigenvalue weighted by Gasteiger charge is -2.24. The molecule has 1 aliphatic heterocycles. The first-order chi connectivity index (χ1) is 10.8. The number of hydrogen-bond donors (Lipinski definition) is 1. The zero-order valence-corrected chi connectivity index (χ0v) is 13.0. The van der Waals surface area contributed by atoms with Crippen molar-refractivity contribution in [2.45, 2.75) is 32.4 Å². The maximum Gasteiger partial charge on any atom is 0.106 e. The molecule has 3 heterocycles. The molecule has 0 saturated carbocycles. The van der Waals surface area contributed by atoms with Crippen LogP contribution in [0.15, 0.2) is 42.6 Å². The topological polar surface area (TPSA) is 36.9 Å². The fourth-order valence-corrected chi connectivity index (χ4v) is 3.70. The van der Waals surface area contributed by atoms with Gasteiger partial charge in [-0.3, -0.25) is 4.90 Å². The van der Waals surface area contributed by atoms with Crippen molar-refractivity contribution in [3.05, 3.63) is 54.1 Å². The molecule has 4 nitrogen and oxygen atoms in total. The van der Waals surface area contributed by atoms with Crippen LogP contribution in [0.3, 0.4) is 0 Å². The van der Waals surface area contributed by atoms with E-state index < -0.39 is 0 Å². The number of aromatic amines is 1. The largest absolute Gasteiger partial charge is 0.364 e. The Kier molecular flexibility index (Phi) is 3.47. The summed E-state index contributed by atoms with van der Waals surface area (Å²) in [7, 11) is 0. The minimum atomic E-state index is 0.546. The molecule has 1 fully saturated rings. The molecule has 1 aliphatic rings. The third kappa shape index (κ3) is 2.33. The summed E-state index contributed by atoms with van der Waals surface area (Å²) in [6, 6.07) is 13.3. The lowest BCUT2D eigenvalue weighted by Crippen LogP contribution is -2.27. The van der Waals surface area contributed by atoms with Crippen molar-refractivity contribution in [2.75, 3.05) is 13.1 Å². The Morgan fingerprint density at radius 3 is 2.95 bits per heavy atom. The second-order valence-corrected chi connectivity index (χ2v) is 6.12. The number of aryl methyl sites for hydroxylation is 1. The molecule has 4 rings (SSSR count). The normalized spacial score (nSPS) is 19.2. The molecule has 0 aliphatic carbocycles. The zero-order valence-electron chi connectivity index (χ0n) is 13.0. The smallest absolute Gasteiger partial charge is 0.106 e. The van der Waals surface area contributed by atoms with Crippen LogP contribution in [0, 0.1) is 6.92 Å². The van der Waals surface area contributed by atoms with Crippen LogP contribution in [-0.4, -0.2) is 32.5 Å². The number of H-pyrrole nitrogens is 1. The van der Waals surface area contributed by atoms with E-state index in [2.05, 4.69) is 62.8 Å². The first-order valence-electron chi connectivity index (χ1n) is 8.12. The molecule has 1 atom stereocenters. The Morgan fingerprint density at radius 2 is 2.09 bits per heavy atom. The molecule has 0 unspecified atom stereocenters. The quantitative estimate of drug-likeness (QED) is 0.799. The molecule has 2 aromatic heterocycles. The number of rotatable bonds is 4. The van der Waals surface area contributed by atoms with Gasteiger partial charge in [-0.05, 0) is 50.6 Å². The number of nitrogens with one attached hydrogen (secondary N) is 1. The molecule has 22 heavy (non-hydrogen) atoms. The summed E-state index contributed by atoms with van der Waals surface area (Å²) in [5.41, 5.74) is 3.70. The van der Waals surface area contributed by atoms with Gasteiger partial charge >= 0.3 is 0 Å². The van der Waals surface area contributed by atoms with Gasteiger partial charge in [0.15, 0.2) is 0 Å². The molecular weight excluding hydrogens is 272 g/mol. The van der Waals surface area contributed by atoms with E-state index in [1.807, 2.05) is 6.20 Å². The number of para-hydroxylation sites is 2. The van der Waals surface area contributed by atoms with Crippen molar-refractivity contribution in [3.63, 3.8) is 0 Å². The number of hydrogen-bond acceptors (Lipinski definition) is 2. The number of likely N-dealkylation sites (tertiary alicyclic amines) is 1. The van der Waals surface area contributed by atoms with E-state index in [1.165, 1.54) is 30.6 Å². The minimum Gasteiger partial charge on any atom is -0.364 e. The summed E-state index contributed by atoms with van der Waals surface area (Å²) in [6.45, 7) is 5.37. The van der Waals surface area contributed by atoms with Gasteiger partial charge in [0.2, 0.25) is 0 Å². The monoisotopic (exact) mass is 294 g/mol. The van der Waals surface area contributed by atoms with Gasteiger partial charge in [-0.2, -0.15) is 0 Å². The Labute approximate surface area is 130 Å². The van der Waals surface area contributed by atoms with Crippen LogP contribution >= 0.6 is 0 Å². The van der Waals surface area contributed by atoms with Crippen molar-refractivity contribution < 1.29 is 0 Å². The third-order valence-electron chi connectivity index (χ3n) is 4.80. The lowest BCUT2D eigenvalue weighted by atomic mass is 10.1. The molecule has 3 aromatic rings. The van der Waals surface area contributed by atoms with E-state index in [-0.39, 0.29) is 0 Å². The average Bonchev–Trinajstić information content (AvgIpc) is 3.24. The highest BCUT2D eigenvalue weighted by molar-refractivity contribution is 5.75. The number of imidazole rings is 1. The molecule has 1 N–H and O–H groups in total. The Balaban J connectivity index is 1.53. The maximum absolute atomic E-state index is 4.67. The van der Waals surface area contributed by atoms with E-state index in [0.717, 1.165) is 24.4 Å². The Morgan fingerprint density at radius 1 is 1.18 bits per heavy atom. The molecule has 0 bridgehead atoms. The Bertz CT molecular complexity index is 757. The maximum atomic E-state index is 4.67. The van der Waals surface area contributed by atoms with Crippen molar-refractivity contribution >= 4 is 11.0 Å². The molecule has 0 amide bonds. The minimum absolute atomic E-state index is 0.546. The number of benzene rings is 1. The van der Waals surface area contributed by atoms with Crippen LogP contribution in [0.25, 0.3) is 11.0 Å². The standard InChI is InChI=1S/C18H22N4/c1-14-20-16-6-2-3-8-18(16)22(14)13-12-21-11-5-9-17(21)15-7-4-10-19-15/h2-4,6-8,10,17,19H,5,9,11-13H2,1H3/t17-/m0/s1. The van der Waals surface area contributed by atoms with Gasteiger partial charge in [0, 0.05) is 31.0 Å². The van der Waals surface area contributed by atoms with E-state index in [9.17, 15) is 0 Å². The first-order valence-corrected chi connectivity index (χ1v) is 8.12. The van der Waals surface area contributed by atoms with E-state index in [4.69, 9.17) is 0 Å². The van der Waals surface area contributed by atoms with Crippen molar-refractivity contribution in [1.29, 1.82) is 0 Å². The summed E-state index contributed by atoms with van der Waals surface area (Å²) in [5, 5.41) is 0. The number of nitrogens with zero attached hydrogens (tertiary/aromatic N) is 3. The van der Waals surface area contributed by atoms with Gasteiger partial charge in [-0.15, -0.1) is 0 Å². The van der Waals surface area contributed by atoms with Crippen LogP contribution in [0.2, 0.25) is 0 Å². The average molecular weight is 294 g/mol. The molecule has 0 spiro atoms. The summed E-state index contributed by atoms with van der Waals surface area (Å²) >= 11 is 0. The molecule has 114 valence electrons. The van der Waals surface area contributed by atoms with Crippen molar-refractivity contribution in [3.8, 4) is 0 Å². The zero-order chi connectivity index (χ0) is 14.9. The molecule has 1 saturated heterocycles. The van der Waals surface area contributed by atoms with Gasteiger partial charge in [0.25, 0.3) is 0 Å². The number of fused-ring (bicyclic) bond motifs is 1. The van der Waals surface area contributed by atoms with Crippen LogP contribution in [0.1, 0.15) is 30.4 Å². The first kappa shape index (κ1) is 13.6. The molecular formula is C18H22N4. The van der Waals surface area contributed by atoms with Gasteiger partial charge in [0.1, 0.15) is 5.82 Å². The summed E-state index contributed by atoms with van der Waals surface area (Å²) in [6.07, 6.45) is 4.57. The van der Waals surface area contributed by atoms with E-state index >= 15 is 0 Å². The third-order valence-corrected chi connectivity index (χ3v) is 4.80. The van der Waals surface area contributed by atoms with E-state index in [0.29, 0.717) is 6.04 Å². The van der Waals surface area contributed by atoms with Crippen LogP contribution in [-0.2, 0) is 6.54 Å². The van der Waals surface area contributed by atoms with Crippen molar-refractivity contribution in [2.24, 2.45) is 0 Å². The SMILES string of the molecule is Cc1nc2ccccc2n1CCN1CCC[C@H]1c1ccc[nH]1. The number of aromatic nitrogens is 3. The van der Waals surface area contributed by atoms with Gasteiger partial charge in [0.05, 0.1) is 11.0 Å². The van der Waals surface area contributed by atoms with Gasteiger partial charge < -0.3 is 9.55 Å². The summed E-state index contributed by atoms with van der Waals surface area (Å²) in [5.74, 6) is 1.11. The summed E-state index contributed by atoms with van der Waals surface area (Å²) in [4.78, 5) is 10.6. The molecule has 1 aromatic carbocycles. The second kappa shape index (κ2) is 5.61. The molecule has 0 radical (unpaired) electrons. The predicted molar refractivity (Wildman–Crippen MR) is 88.8 cm³/mol. The van der Waals surface area contributed by atoms with Crippen LogP contribution < -0.4 is 0 Å². The van der Waals surface area contributed by atoms with Gasteiger partial charge in [-0.1, -0.05) is 12.1 Å². The summed E-state index contributed by atoms with van der Waals surface area (Å²) < 4.78 is 2.35. The van der Waals surface area contributed by atoms with Crippen LogP contribution in [0.4, 0.5) is 0 Å². The highest BCUT2D eigenvalue weighted by Gasteiger charge is 2.26. The lowest BCUT2D eigenvalue weighted by molar-refractivity contribution is 0.244. The van der Waals surface area contributed by atoms with Crippen molar-refractivity contribution in [1.82, 2.24) is 19.4 Å².